The van der Waals surface area contributed by atoms with Gasteiger partial charge in [-0.05, 0) is 61.7 Å². The van der Waals surface area contributed by atoms with Gasteiger partial charge in [0, 0.05) is 21.5 Å². The number of hydrogen-bond donors (Lipinski definition) is 1. The number of nitrogens with zero attached hydrogens (tertiary/aromatic N) is 1. The third-order valence-corrected chi connectivity index (χ3v) is 7.99. The maximum atomic E-state index is 12.5. The summed E-state index contributed by atoms with van der Waals surface area (Å²) in [5.74, 6) is 2.54. The van der Waals surface area contributed by atoms with Crippen LogP contribution >= 0.6 is 11.8 Å². The number of hydrogen-bond acceptors (Lipinski definition) is 5. The Hall–Kier alpha value is -2.27. The largest absolute Gasteiger partial charge is 0.325 e. The third-order valence-electron chi connectivity index (χ3n) is 5.08. The van der Waals surface area contributed by atoms with Crippen molar-refractivity contribution < 1.29 is 13.2 Å². The average Bonchev–Trinajstić information content (AvgIpc) is 3.05. The lowest BCUT2D eigenvalue weighted by atomic mass is 10.2. The van der Waals surface area contributed by atoms with Crippen LogP contribution in [0.5, 0.6) is 0 Å². The van der Waals surface area contributed by atoms with Crippen LogP contribution in [-0.2, 0) is 14.6 Å². The minimum absolute atomic E-state index is 0.0618. The molecule has 2 aromatic carbocycles. The van der Waals surface area contributed by atoms with Crippen LogP contribution < -0.4 is 5.32 Å². The summed E-state index contributed by atoms with van der Waals surface area (Å²) in [5, 5.41) is 2.88. The molecule has 1 aliphatic rings. The Morgan fingerprint density at radius 2 is 1.97 bits per heavy atom. The van der Waals surface area contributed by atoms with Crippen LogP contribution in [0, 0.1) is 26.2 Å². The summed E-state index contributed by atoms with van der Waals surface area (Å²) in [5.41, 5.74) is 3.15. The van der Waals surface area contributed by atoms with Gasteiger partial charge >= 0.3 is 0 Å². The molecule has 1 fully saturated rings. The Labute approximate surface area is 183 Å². The van der Waals surface area contributed by atoms with Crippen molar-refractivity contribution in [3.05, 3.63) is 53.6 Å². The smallest absolute Gasteiger partial charge is 0.238 e. The van der Waals surface area contributed by atoms with Gasteiger partial charge < -0.3 is 5.32 Å². The predicted octanol–water partition coefficient (Wildman–Crippen LogP) is 3.52. The highest BCUT2D eigenvalue weighted by Crippen LogP contribution is 2.31. The second kappa shape index (κ2) is 9.69. The molecular weight excluding hydrogens is 416 g/mol. The third kappa shape index (κ3) is 6.11. The number of terminal acetylenes is 1. The highest BCUT2D eigenvalue weighted by atomic mass is 32.2. The number of anilines is 1. The Balaban J connectivity index is 1.59. The number of rotatable bonds is 7. The molecule has 158 valence electrons. The molecule has 0 aromatic heterocycles. The summed E-state index contributed by atoms with van der Waals surface area (Å²) >= 11 is 1.69. The van der Waals surface area contributed by atoms with E-state index in [9.17, 15) is 13.2 Å². The highest BCUT2D eigenvalue weighted by Gasteiger charge is 2.32. The fourth-order valence-electron chi connectivity index (χ4n) is 3.43. The van der Waals surface area contributed by atoms with Crippen molar-refractivity contribution in [2.24, 2.45) is 0 Å². The van der Waals surface area contributed by atoms with Gasteiger partial charge in [-0.2, -0.15) is 0 Å². The molecule has 0 bridgehead atoms. The molecule has 5 nitrogen and oxygen atoms in total. The molecule has 1 aliphatic heterocycles. The van der Waals surface area contributed by atoms with Gasteiger partial charge in [0.05, 0.1) is 24.6 Å². The van der Waals surface area contributed by atoms with Crippen molar-refractivity contribution in [1.29, 1.82) is 0 Å². The number of sulfone groups is 1. The van der Waals surface area contributed by atoms with E-state index in [1.807, 2.05) is 24.3 Å². The summed E-state index contributed by atoms with van der Waals surface area (Å²) in [6, 6.07) is 13.9. The Morgan fingerprint density at radius 3 is 2.60 bits per heavy atom. The second-order valence-electron chi connectivity index (χ2n) is 7.61. The molecule has 0 spiro atoms. The van der Waals surface area contributed by atoms with E-state index in [-0.39, 0.29) is 36.5 Å². The van der Waals surface area contributed by atoms with Gasteiger partial charge in [-0.3, -0.25) is 9.69 Å². The minimum atomic E-state index is -3.03. The summed E-state index contributed by atoms with van der Waals surface area (Å²) in [6.07, 6.45) is 5.93. The van der Waals surface area contributed by atoms with Crippen molar-refractivity contribution in [2.45, 2.75) is 36.1 Å². The van der Waals surface area contributed by atoms with E-state index in [2.05, 4.69) is 43.3 Å². The number of aryl methyl sites for hydroxylation is 2. The van der Waals surface area contributed by atoms with Crippen LogP contribution in [0.3, 0.4) is 0 Å². The van der Waals surface area contributed by atoms with Crippen LogP contribution in [-0.4, -0.2) is 49.9 Å². The first-order valence-corrected chi connectivity index (χ1v) is 12.4. The maximum Gasteiger partial charge on any atom is 0.238 e. The zero-order valence-corrected chi connectivity index (χ0v) is 18.9. The lowest BCUT2D eigenvalue weighted by molar-refractivity contribution is -0.117. The minimum Gasteiger partial charge on any atom is -0.325 e. The molecule has 7 heteroatoms. The molecule has 3 rings (SSSR count). The molecule has 1 atom stereocenters. The first-order chi connectivity index (χ1) is 14.3. The van der Waals surface area contributed by atoms with Gasteiger partial charge in [-0.15, -0.1) is 6.42 Å². The molecule has 1 amide bonds. The average molecular weight is 443 g/mol. The fourth-order valence-corrected chi connectivity index (χ4v) is 6.19. The van der Waals surface area contributed by atoms with E-state index >= 15 is 0 Å². The first-order valence-electron chi connectivity index (χ1n) is 9.79. The normalized spacial score (nSPS) is 17.6. The van der Waals surface area contributed by atoms with Gasteiger partial charge in [0.25, 0.3) is 0 Å². The summed E-state index contributed by atoms with van der Waals surface area (Å²) in [7, 11) is -3.03. The van der Waals surface area contributed by atoms with Crippen molar-refractivity contribution in [2.75, 3.05) is 29.9 Å². The molecule has 0 radical (unpaired) electrons. The number of benzene rings is 2. The molecule has 2 aromatic rings. The van der Waals surface area contributed by atoms with Gasteiger partial charge in [-0.25, -0.2) is 8.42 Å². The fraction of sp³-hybridized carbons (Fsp3) is 0.348. The monoisotopic (exact) mass is 442 g/mol. The summed E-state index contributed by atoms with van der Waals surface area (Å²) in [6.45, 7) is 4.49. The molecule has 1 N–H and O–H groups in total. The second-order valence-corrected chi connectivity index (χ2v) is 11.0. The van der Waals surface area contributed by atoms with Gasteiger partial charge in [0.1, 0.15) is 0 Å². The number of amides is 1. The van der Waals surface area contributed by atoms with E-state index < -0.39 is 9.84 Å². The number of carbonyl (C=O) groups excluding carboxylic acids is 1. The standard InChI is InChI=1S/C23H26N2O3S2/c1-4-12-25(20-11-13-30(27,28)16-20)15-23(26)24-19-7-9-21(10-8-19)29-22-14-17(2)5-6-18(22)3/h1,5-10,14,20H,11-13,15-16H2,2-3H3,(H,24,26). The van der Waals surface area contributed by atoms with E-state index in [0.717, 1.165) is 4.90 Å². The maximum absolute atomic E-state index is 12.5. The van der Waals surface area contributed by atoms with E-state index in [1.54, 1.807) is 16.7 Å². The predicted molar refractivity (Wildman–Crippen MR) is 123 cm³/mol. The van der Waals surface area contributed by atoms with Crippen LogP contribution in [0.1, 0.15) is 17.5 Å². The zero-order chi connectivity index (χ0) is 21.7. The molecule has 0 aliphatic carbocycles. The van der Waals surface area contributed by atoms with Crippen molar-refractivity contribution in [1.82, 2.24) is 4.90 Å². The van der Waals surface area contributed by atoms with E-state index in [0.29, 0.717) is 12.1 Å². The molecule has 1 unspecified atom stereocenters. The topological polar surface area (TPSA) is 66.5 Å². The summed E-state index contributed by atoms with van der Waals surface area (Å²) < 4.78 is 23.5. The lowest BCUT2D eigenvalue weighted by Gasteiger charge is -2.25. The van der Waals surface area contributed by atoms with E-state index in [4.69, 9.17) is 6.42 Å². The van der Waals surface area contributed by atoms with Crippen LogP contribution in [0.15, 0.2) is 52.3 Å². The van der Waals surface area contributed by atoms with E-state index in [1.165, 1.54) is 16.0 Å². The molecule has 30 heavy (non-hydrogen) atoms. The highest BCUT2D eigenvalue weighted by molar-refractivity contribution is 7.99. The van der Waals surface area contributed by atoms with Crippen LogP contribution in [0.4, 0.5) is 5.69 Å². The van der Waals surface area contributed by atoms with Crippen molar-refractivity contribution >= 4 is 33.2 Å². The quantitative estimate of drug-likeness (QED) is 0.665. The van der Waals surface area contributed by atoms with Gasteiger partial charge in [-0.1, -0.05) is 29.8 Å². The van der Waals surface area contributed by atoms with Crippen LogP contribution in [0.2, 0.25) is 0 Å². The Kier molecular flexibility index (Phi) is 7.24. The molecule has 1 saturated heterocycles. The zero-order valence-electron chi connectivity index (χ0n) is 17.2. The first kappa shape index (κ1) is 22.4. The summed E-state index contributed by atoms with van der Waals surface area (Å²) in [4.78, 5) is 16.6. The van der Waals surface area contributed by atoms with Gasteiger partial charge in [0.15, 0.2) is 9.84 Å². The molecule has 1 heterocycles. The number of nitrogens with one attached hydrogen (secondary N) is 1. The Morgan fingerprint density at radius 1 is 1.23 bits per heavy atom. The lowest BCUT2D eigenvalue weighted by Crippen LogP contribution is -2.41. The molecule has 0 saturated carbocycles. The molecular formula is C23H26N2O3S2. The van der Waals surface area contributed by atoms with Crippen molar-refractivity contribution in [3.8, 4) is 12.3 Å². The SMILES string of the molecule is C#CCN(CC(=O)Nc1ccc(Sc2cc(C)ccc2C)cc1)C1CCS(=O)(=O)C1. The van der Waals surface area contributed by atoms with Gasteiger partial charge in [0.2, 0.25) is 5.91 Å². The van der Waals surface area contributed by atoms with Crippen LogP contribution in [0.25, 0.3) is 0 Å². The Bertz CT molecular complexity index is 1060. The van der Waals surface area contributed by atoms with Crippen molar-refractivity contribution in [3.63, 3.8) is 0 Å². The number of carbonyl (C=O) groups is 1.